The Labute approximate surface area is 106 Å². The van der Waals surface area contributed by atoms with Gasteiger partial charge >= 0.3 is 0 Å². The molecule has 0 amide bonds. The first-order valence-electron chi connectivity index (χ1n) is 5.41. The zero-order valence-electron chi connectivity index (χ0n) is 9.28. The second-order valence-corrected chi connectivity index (χ2v) is 4.05. The third-order valence-electron chi connectivity index (χ3n) is 2.42. The normalized spacial score (nSPS) is 12.1. The van der Waals surface area contributed by atoms with E-state index in [1.54, 1.807) is 0 Å². The number of hydrogen-bond acceptors (Lipinski definition) is 3. The highest BCUT2D eigenvalue weighted by atomic mass is 32.1. The molecule has 0 aliphatic carbocycles. The first kappa shape index (κ1) is 12.0. The molecule has 17 heavy (non-hydrogen) atoms. The molecule has 0 saturated carbocycles. The maximum atomic E-state index is 9.59. The molecule has 1 atom stereocenters. The number of aliphatic hydroxyl groups is 1. The van der Waals surface area contributed by atoms with E-state index in [-0.39, 0.29) is 0 Å². The monoisotopic (exact) mass is 246 g/mol. The van der Waals surface area contributed by atoms with Crippen LogP contribution in [-0.4, -0.2) is 10.9 Å². The fraction of sp³-hybridized carbons (Fsp3) is 0.143. The number of aliphatic hydroxyl groups excluding tert-OH is 1. The molecule has 0 radical (unpaired) electrons. The Morgan fingerprint density at radius 2 is 1.53 bits per heavy atom. The van der Waals surface area contributed by atoms with E-state index >= 15 is 0 Å². The van der Waals surface area contributed by atoms with Crippen LogP contribution in [0.15, 0.2) is 54.6 Å². The summed E-state index contributed by atoms with van der Waals surface area (Å²) in [5.74, 6) is 1.97. The van der Waals surface area contributed by atoms with Gasteiger partial charge in [-0.05, 0) is 29.8 Å². The fourth-order valence-corrected chi connectivity index (χ4v) is 1.70. The molecule has 0 bridgehead atoms. The number of thiol groups is 1. The molecule has 0 fully saturated rings. The van der Waals surface area contributed by atoms with Gasteiger partial charge in [0.15, 0.2) is 0 Å². The second-order valence-electron chi connectivity index (χ2n) is 3.68. The van der Waals surface area contributed by atoms with Gasteiger partial charge < -0.3 is 9.84 Å². The molecule has 2 nitrogen and oxygen atoms in total. The largest absolute Gasteiger partial charge is 0.457 e. The van der Waals surface area contributed by atoms with Crippen LogP contribution in [0.25, 0.3) is 0 Å². The second kappa shape index (κ2) is 5.75. The van der Waals surface area contributed by atoms with Crippen LogP contribution < -0.4 is 4.74 Å². The van der Waals surface area contributed by atoms with Gasteiger partial charge in [0.1, 0.15) is 11.5 Å². The van der Waals surface area contributed by atoms with Gasteiger partial charge in [0.25, 0.3) is 0 Å². The molecule has 0 aliphatic heterocycles. The van der Waals surface area contributed by atoms with Gasteiger partial charge in [0, 0.05) is 5.75 Å². The van der Waals surface area contributed by atoms with E-state index in [9.17, 15) is 5.11 Å². The van der Waals surface area contributed by atoms with Crippen molar-refractivity contribution in [1.82, 2.24) is 0 Å². The molecule has 2 aromatic carbocycles. The number of ether oxygens (including phenoxy) is 1. The lowest BCUT2D eigenvalue weighted by atomic mass is 10.1. The molecule has 3 heteroatoms. The van der Waals surface area contributed by atoms with Crippen LogP contribution in [0.5, 0.6) is 11.5 Å². The third-order valence-corrected chi connectivity index (χ3v) is 2.76. The van der Waals surface area contributed by atoms with E-state index in [0.717, 1.165) is 17.1 Å². The Morgan fingerprint density at radius 1 is 0.941 bits per heavy atom. The molecule has 2 rings (SSSR count). The summed E-state index contributed by atoms with van der Waals surface area (Å²) in [5, 5.41) is 9.59. The summed E-state index contributed by atoms with van der Waals surface area (Å²) in [6, 6.07) is 17.0. The lowest BCUT2D eigenvalue weighted by Gasteiger charge is -2.09. The quantitative estimate of drug-likeness (QED) is 0.809. The maximum absolute atomic E-state index is 9.59. The van der Waals surface area contributed by atoms with E-state index in [0.29, 0.717) is 5.75 Å². The Balaban J connectivity index is 2.08. The van der Waals surface area contributed by atoms with Gasteiger partial charge in [0.05, 0.1) is 6.10 Å². The van der Waals surface area contributed by atoms with Crippen LogP contribution in [0.1, 0.15) is 11.7 Å². The maximum Gasteiger partial charge on any atom is 0.127 e. The van der Waals surface area contributed by atoms with Crippen LogP contribution >= 0.6 is 12.6 Å². The molecule has 0 spiro atoms. The van der Waals surface area contributed by atoms with Crippen LogP contribution in [0.3, 0.4) is 0 Å². The standard InChI is InChI=1S/C14H14O2S/c15-14(10-17)11-6-8-13(9-7-11)16-12-4-2-1-3-5-12/h1-9,14-15,17H,10H2. The van der Waals surface area contributed by atoms with Gasteiger partial charge in [-0.2, -0.15) is 12.6 Å². The highest BCUT2D eigenvalue weighted by Crippen LogP contribution is 2.23. The molecule has 2 aromatic rings. The SMILES string of the molecule is OC(CS)c1ccc(Oc2ccccc2)cc1. The zero-order valence-corrected chi connectivity index (χ0v) is 10.2. The van der Waals surface area contributed by atoms with Gasteiger partial charge in [-0.3, -0.25) is 0 Å². The summed E-state index contributed by atoms with van der Waals surface area (Å²) in [6.07, 6.45) is -0.524. The molecule has 1 unspecified atom stereocenters. The minimum Gasteiger partial charge on any atom is -0.457 e. The number of rotatable bonds is 4. The van der Waals surface area contributed by atoms with Crippen LogP contribution in [-0.2, 0) is 0 Å². The van der Waals surface area contributed by atoms with Crippen molar-refractivity contribution in [2.24, 2.45) is 0 Å². The molecule has 0 heterocycles. The summed E-state index contributed by atoms with van der Waals surface area (Å²) in [4.78, 5) is 0. The van der Waals surface area contributed by atoms with Crippen molar-refractivity contribution in [3.05, 3.63) is 60.2 Å². The van der Waals surface area contributed by atoms with Crippen molar-refractivity contribution in [2.45, 2.75) is 6.10 Å². The van der Waals surface area contributed by atoms with E-state index in [2.05, 4.69) is 12.6 Å². The molecular weight excluding hydrogens is 232 g/mol. The molecule has 0 aliphatic rings. The van der Waals surface area contributed by atoms with E-state index < -0.39 is 6.10 Å². The Bertz CT molecular complexity index is 453. The minimum atomic E-state index is -0.524. The number of hydrogen-bond donors (Lipinski definition) is 2. The van der Waals surface area contributed by atoms with Crippen molar-refractivity contribution < 1.29 is 9.84 Å². The summed E-state index contributed by atoms with van der Waals surface area (Å²) < 4.78 is 5.65. The van der Waals surface area contributed by atoms with Crippen molar-refractivity contribution >= 4 is 12.6 Å². The summed E-state index contributed by atoms with van der Waals surface area (Å²) in [6.45, 7) is 0. The Hall–Kier alpha value is -1.45. The van der Waals surface area contributed by atoms with E-state index in [1.165, 1.54) is 0 Å². The first-order valence-corrected chi connectivity index (χ1v) is 6.04. The van der Waals surface area contributed by atoms with Crippen molar-refractivity contribution in [2.75, 3.05) is 5.75 Å². The predicted molar refractivity (Wildman–Crippen MR) is 71.8 cm³/mol. The van der Waals surface area contributed by atoms with Gasteiger partial charge in [-0.25, -0.2) is 0 Å². The lowest BCUT2D eigenvalue weighted by Crippen LogP contribution is -1.97. The number of benzene rings is 2. The topological polar surface area (TPSA) is 29.5 Å². The zero-order chi connectivity index (χ0) is 12.1. The number of para-hydroxylation sites is 1. The van der Waals surface area contributed by atoms with Gasteiger partial charge in [0.2, 0.25) is 0 Å². The first-order chi connectivity index (χ1) is 8.29. The minimum absolute atomic E-state index is 0.416. The molecular formula is C14H14O2S. The van der Waals surface area contributed by atoms with Crippen molar-refractivity contribution in [1.29, 1.82) is 0 Å². The fourth-order valence-electron chi connectivity index (χ4n) is 1.49. The van der Waals surface area contributed by atoms with Crippen molar-refractivity contribution in [3.63, 3.8) is 0 Å². The van der Waals surface area contributed by atoms with Gasteiger partial charge in [-0.15, -0.1) is 0 Å². The lowest BCUT2D eigenvalue weighted by molar-refractivity contribution is 0.204. The molecule has 0 saturated heterocycles. The smallest absolute Gasteiger partial charge is 0.127 e. The molecule has 0 aromatic heterocycles. The molecule has 1 N–H and O–H groups in total. The van der Waals surface area contributed by atoms with Gasteiger partial charge in [-0.1, -0.05) is 30.3 Å². The van der Waals surface area contributed by atoms with E-state index in [4.69, 9.17) is 4.74 Å². The summed E-state index contributed by atoms with van der Waals surface area (Å²) >= 11 is 4.05. The highest BCUT2D eigenvalue weighted by Gasteiger charge is 2.04. The highest BCUT2D eigenvalue weighted by molar-refractivity contribution is 7.80. The van der Waals surface area contributed by atoms with Crippen LogP contribution in [0, 0.1) is 0 Å². The Morgan fingerprint density at radius 3 is 2.12 bits per heavy atom. The average molecular weight is 246 g/mol. The molecule has 88 valence electrons. The summed E-state index contributed by atoms with van der Waals surface area (Å²) in [5.41, 5.74) is 0.848. The Kier molecular flexibility index (Phi) is 4.07. The predicted octanol–water partition coefficient (Wildman–Crippen LogP) is 3.44. The van der Waals surface area contributed by atoms with Crippen LogP contribution in [0.2, 0.25) is 0 Å². The third kappa shape index (κ3) is 3.25. The summed E-state index contributed by atoms with van der Waals surface area (Å²) in [7, 11) is 0. The average Bonchev–Trinajstić information content (AvgIpc) is 2.40. The van der Waals surface area contributed by atoms with Crippen molar-refractivity contribution in [3.8, 4) is 11.5 Å². The van der Waals surface area contributed by atoms with E-state index in [1.807, 2.05) is 54.6 Å². The van der Waals surface area contributed by atoms with Crippen LogP contribution in [0.4, 0.5) is 0 Å².